The number of rotatable bonds is 7. The van der Waals surface area contributed by atoms with E-state index in [1.54, 1.807) is 0 Å². The SMILES string of the molecule is CCCC(CCC(C)N)CC1CCC(N)CC1. The molecule has 0 aliphatic heterocycles. The molecule has 17 heavy (non-hydrogen) atoms. The molecular weight excluding hydrogens is 208 g/mol. The maximum absolute atomic E-state index is 5.97. The Labute approximate surface area is 108 Å². The van der Waals surface area contributed by atoms with Crippen molar-refractivity contribution in [3.63, 3.8) is 0 Å². The maximum atomic E-state index is 5.97. The van der Waals surface area contributed by atoms with Crippen LogP contribution in [0.5, 0.6) is 0 Å². The Kier molecular flexibility index (Phi) is 7.14. The first-order valence-electron chi connectivity index (χ1n) is 7.63. The van der Waals surface area contributed by atoms with Crippen LogP contribution >= 0.6 is 0 Å². The highest BCUT2D eigenvalue weighted by atomic mass is 14.6. The largest absolute Gasteiger partial charge is 0.328 e. The molecule has 0 amide bonds. The Bertz CT molecular complexity index is 183. The van der Waals surface area contributed by atoms with E-state index in [4.69, 9.17) is 11.5 Å². The van der Waals surface area contributed by atoms with Crippen LogP contribution in [0.15, 0.2) is 0 Å². The van der Waals surface area contributed by atoms with Gasteiger partial charge in [0.1, 0.15) is 0 Å². The van der Waals surface area contributed by atoms with Gasteiger partial charge in [0, 0.05) is 12.1 Å². The summed E-state index contributed by atoms with van der Waals surface area (Å²) in [6.45, 7) is 4.43. The van der Waals surface area contributed by atoms with Gasteiger partial charge in [-0.15, -0.1) is 0 Å². The third-order valence-electron chi connectivity index (χ3n) is 4.29. The van der Waals surface area contributed by atoms with E-state index < -0.39 is 0 Å². The van der Waals surface area contributed by atoms with Crippen LogP contribution in [0.2, 0.25) is 0 Å². The van der Waals surface area contributed by atoms with Gasteiger partial charge >= 0.3 is 0 Å². The molecule has 0 saturated heterocycles. The van der Waals surface area contributed by atoms with Gasteiger partial charge in [0.15, 0.2) is 0 Å². The van der Waals surface area contributed by atoms with Gasteiger partial charge in [-0.1, -0.05) is 19.8 Å². The van der Waals surface area contributed by atoms with Crippen molar-refractivity contribution in [1.29, 1.82) is 0 Å². The van der Waals surface area contributed by atoms with Gasteiger partial charge in [0.2, 0.25) is 0 Å². The molecule has 0 aromatic heterocycles. The summed E-state index contributed by atoms with van der Waals surface area (Å²) in [5, 5.41) is 0. The van der Waals surface area contributed by atoms with Gasteiger partial charge in [-0.3, -0.25) is 0 Å². The van der Waals surface area contributed by atoms with Gasteiger partial charge in [0.05, 0.1) is 0 Å². The van der Waals surface area contributed by atoms with Crippen LogP contribution < -0.4 is 11.5 Å². The first-order chi connectivity index (χ1) is 8.11. The quantitative estimate of drug-likeness (QED) is 0.716. The molecule has 1 aliphatic rings. The number of nitrogens with two attached hydrogens (primary N) is 2. The van der Waals surface area contributed by atoms with Gasteiger partial charge in [-0.05, 0) is 63.7 Å². The van der Waals surface area contributed by atoms with Crippen molar-refractivity contribution in [1.82, 2.24) is 0 Å². The third kappa shape index (κ3) is 6.42. The smallest absolute Gasteiger partial charge is 0.00390 e. The minimum Gasteiger partial charge on any atom is -0.328 e. The second kappa shape index (κ2) is 8.10. The molecule has 2 unspecified atom stereocenters. The van der Waals surface area contributed by atoms with Crippen LogP contribution in [-0.2, 0) is 0 Å². The highest BCUT2D eigenvalue weighted by Gasteiger charge is 2.21. The molecule has 2 atom stereocenters. The molecule has 102 valence electrons. The Hall–Kier alpha value is -0.0800. The van der Waals surface area contributed by atoms with E-state index in [-0.39, 0.29) is 0 Å². The predicted molar refractivity (Wildman–Crippen MR) is 75.8 cm³/mol. The Morgan fingerprint density at radius 1 is 1.06 bits per heavy atom. The lowest BCUT2D eigenvalue weighted by molar-refractivity contribution is 0.250. The van der Waals surface area contributed by atoms with Crippen LogP contribution in [-0.4, -0.2) is 12.1 Å². The van der Waals surface area contributed by atoms with Gasteiger partial charge in [-0.2, -0.15) is 0 Å². The lowest BCUT2D eigenvalue weighted by Crippen LogP contribution is -2.27. The molecule has 4 N–H and O–H groups in total. The number of hydrogen-bond donors (Lipinski definition) is 2. The van der Waals surface area contributed by atoms with Crippen LogP contribution in [0.1, 0.15) is 71.6 Å². The Balaban J connectivity index is 2.27. The molecule has 0 aromatic rings. The summed E-state index contributed by atoms with van der Waals surface area (Å²) < 4.78 is 0. The summed E-state index contributed by atoms with van der Waals surface area (Å²) in [6, 6.07) is 0.856. The van der Waals surface area contributed by atoms with Crippen molar-refractivity contribution in [2.75, 3.05) is 0 Å². The topological polar surface area (TPSA) is 52.0 Å². The zero-order valence-electron chi connectivity index (χ0n) is 11.8. The van der Waals surface area contributed by atoms with E-state index in [0.29, 0.717) is 12.1 Å². The van der Waals surface area contributed by atoms with Gasteiger partial charge in [0.25, 0.3) is 0 Å². The van der Waals surface area contributed by atoms with Gasteiger partial charge in [-0.25, -0.2) is 0 Å². The fourth-order valence-electron chi connectivity index (χ4n) is 3.18. The first kappa shape index (κ1) is 15.0. The summed E-state index contributed by atoms with van der Waals surface area (Å²) in [6.07, 6.45) is 11.9. The molecular formula is C15H32N2. The molecule has 0 aromatic carbocycles. The molecule has 0 bridgehead atoms. The fraction of sp³-hybridized carbons (Fsp3) is 1.00. The maximum Gasteiger partial charge on any atom is 0.00390 e. The fourth-order valence-corrected chi connectivity index (χ4v) is 3.18. The van der Waals surface area contributed by atoms with Crippen LogP contribution in [0, 0.1) is 11.8 Å². The van der Waals surface area contributed by atoms with Crippen LogP contribution in [0.25, 0.3) is 0 Å². The molecule has 0 heterocycles. The van der Waals surface area contributed by atoms with E-state index in [1.165, 1.54) is 57.8 Å². The van der Waals surface area contributed by atoms with Crippen LogP contribution in [0.4, 0.5) is 0 Å². The second-order valence-electron chi connectivity index (χ2n) is 6.23. The summed E-state index contributed by atoms with van der Waals surface area (Å²) in [5.41, 5.74) is 11.8. The zero-order valence-corrected chi connectivity index (χ0v) is 11.8. The average Bonchev–Trinajstić information content (AvgIpc) is 2.29. The monoisotopic (exact) mass is 240 g/mol. The van der Waals surface area contributed by atoms with Crippen molar-refractivity contribution in [3.8, 4) is 0 Å². The van der Waals surface area contributed by atoms with Crippen molar-refractivity contribution < 1.29 is 0 Å². The summed E-state index contributed by atoms with van der Waals surface area (Å²) >= 11 is 0. The molecule has 0 radical (unpaired) electrons. The van der Waals surface area contributed by atoms with Crippen molar-refractivity contribution in [2.45, 2.75) is 83.7 Å². The lowest BCUT2D eigenvalue weighted by atomic mass is 9.78. The molecule has 1 saturated carbocycles. The van der Waals surface area contributed by atoms with E-state index in [0.717, 1.165) is 11.8 Å². The second-order valence-corrected chi connectivity index (χ2v) is 6.23. The van der Waals surface area contributed by atoms with E-state index in [9.17, 15) is 0 Å². The zero-order chi connectivity index (χ0) is 12.7. The van der Waals surface area contributed by atoms with Crippen molar-refractivity contribution >= 4 is 0 Å². The van der Waals surface area contributed by atoms with Crippen molar-refractivity contribution in [3.05, 3.63) is 0 Å². The molecule has 2 heteroatoms. The lowest BCUT2D eigenvalue weighted by Gasteiger charge is -2.29. The minimum absolute atomic E-state index is 0.370. The van der Waals surface area contributed by atoms with Crippen molar-refractivity contribution in [2.24, 2.45) is 23.3 Å². The third-order valence-corrected chi connectivity index (χ3v) is 4.29. The number of hydrogen-bond acceptors (Lipinski definition) is 2. The van der Waals surface area contributed by atoms with E-state index in [2.05, 4.69) is 13.8 Å². The average molecular weight is 240 g/mol. The molecule has 1 aliphatic carbocycles. The minimum atomic E-state index is 0.370. The van der Waals surface area contributed by atoms with Crippen LogP contribution in [0.3, 0.4) is 0 Å². The van der Waals surface area contributed by atoms with E-state index in [1.807, 2.05) is 0 Å². The summed E-state index contributed by atoms with van der Waals surface area (Å²) in [5.74, 6) is 1.85. The Morgan fingerprint density at radius 2 is 1.71 bits per heavy atom. The Morgan fingerprint density at radius 3 is 2.24 bits per heavy atom. The molecule has 1 fully saturated rings. The predicted octanol–water partition coefficient (Wildman–Crippen LogP) is 3.44. The van der Waals surface area contributed by atoms with Gasteiger partial charge < -0.3 is 11.5 Å². The molecule has 2 nitrogen and oxygen atoms in total. The molecule has 1 rings (SSSR count). The standard InChI is InChI=1S/C15H32N2/c1-3-4-13(6-5-12(2)16)11-14-7-9-15(17)10-8-14/h12-15H,3-11,16-17H2,1-2H3. The normalized spacial score (nSPS) is 28.9. The summed E-state index contributed by atoms with van der Waals surface area (Å²) in [4.78, 5) is 0. The highest BCUT2D eigenvalue weighted by molar-refractivity contribution is 4.77. The van der Waals surface area contributed by atoms with E-state index >= 15 is 0 Å². The summed E-state index contributed by atoms with van der Waals surface area (Å²) in [7, 11) is 0. The molecule has 0 spiro atoms. The highest BCUT2D eigenvalue weighted by Crippen LogP contribution is 2.32. The first-order valence-corrected chi connectivity index (χ1v) is 7.63.